The van der Waals surface area contributed by atoms with Crippen molar-refractivity contribution < 1.29 is 18.6 Å². The van der Waals surface area contributed by atoms with Crippen molar-refractivity contribution >= 4 is 18.0 Å². The van der Waals surface area contributed by atoms with Crippen LogP contribution < -0.4 is 5.73 Å². The molecule has 0 bridgehead atoms. The molecule has 1 aromatic heterocycles. The van der Waals surface area contributed by atoms with Gasteiger partial charge in [-0.15, -0.1) is 6.42 Å². The fourth-order valence-corrected chi connectivity index (χ4v) is 2.66. The number of ether oxygens (including phenoxy) is 1. The summed E-state index contributed by atoms with van der Waals surface area (Å²) in [5, 5.41) is 9.24. The molecule has 0 aromatic carbocycles. The van der Waals surface area contributed by atoms with Gasteiger partial charge in [0.1, 0.15) is 6.61 Å². The highest BCUT2D eigenvalue weighted by atomic mass is 32.1. The average Bonchev–Trinajstić information content (AvgIpc) is 2.66. The number of halogens is 2. The first kappa shape index (κ1) is 15.8. The molecule has 0 spiro atoms. The van der Waals surface area contributed by atoms with Crippen molar-refractivity contribution in [3.8, 4) is 12.3 Å². The van der Waals surface area contributed by atoms with Crippen molar-refractivity contribution in [2.45, 2.75) is 25.9 Å². The summed E-state index contributed by atoms with van der Waals surface area (Å²) in [6.07, 6.45) is 5.38. The molecule has 4 atom stereocenters. The molecular formula is C13H15F2N3O2S. The molecule has 8 heteroatoms. The summed E-state index contributed by atoms with van der Waals surface area (Å²) in [5.41, 5.74) is 4.18. The Morgan fingerprint density at radius 3 is 2.86 bits per heavy atom. The SMILES string of the molecule is C#CC1(C)[C@@H](C)[C@@](F)(CO)O[C@H]1n1cc(F)c(N)nc1=S. The van der Waals surface area contributed by atoms with E-state index in [1.54, 1.807) is 6.92 Å². The van der Waals surface area contributed by atoms with E-state index in [2.05, 4.69) is 10.9 Å². The van der Waals surface area contributed by atoms with Crippen molar-refractivity contribution in [2.75, 3.05) is 12.3 Å². The maximum atomic E-state index is 14.6. The molecule has 2 rings (SSSR count). The van der Waals surface area contributed by atoms with E-state index in [9.17, 15) is 13.9 Å². The minimum absolute atomic E-state index is 0.0882. The Morgan fingerprint density at radius 1 is 1.71 bits per heavy atom. The predicted octanol–water partition coefficient (Wildman–Crippen LogP) is 1.80. The number of rotatable bonds is 2. The Kier molecular flexibility index (Phi) is 3.78. The number of nitrogens with two attached hydrogens (primary N) is 1. The number of hydrogen-bond acceptors (Lipinski definition) is 5. The molecule has 0 saturated carbocycles. The van der Waals surface area contributed by atoms with Crippen LogP contribution in [-0.4, -0.2) is 27.1 Å². The zero-order chi connectivity index (χ0) is 16.0. The predicted molar refractivity (Wildman–Crippen MR) is 74.6 cm³/mol. The summed E-state index contributed by atoms with van der Waals surface area (Å²) in [6, 6.07) is 0. The first-order valence-corrected chi connectivity index (χ1v) is 6.60. The molecule has 1 unspecified atom stereocenters. The Bertz CT molecular complexity index is 674. The second-order valence-electron chi connectivity index (χ2n) is 5.23. The maximum absolute atomic E-state index is 14.6. The minimum Gasteiger partial charge on any atom is -0.390 e. The van der Waals surface area contributed by atoms with Gasteiger partial charge in [-0.1, -0.05) is 12.8 Å². The van der Waals surface area contributed by atoms with Gasteiger partial charge in [-0.2, -0.15) is 4.98 Å². The van der Waals surface area contributed by atoms with Gasteiger partial charge in [0.05, 0.1) is 5.41 Å². The lowest BCUT2D eigenvalue weighted by Crippen LogP contribution is -2.37. The number of terminal acetylenes is 1. The van der Waals surface area contributed by atoms with Crippen LogP contribution in [0.15, 0.2) is 6.20 Å². The summed E-state index contributed by atoms with van der Waals surface area (Å²) in [7, 11) is 0. The number of anilines is 1. The van der Waals surface area contributed by atoms with Crippen LogP contribution in [0.2, 0.25) is 0 Å². The summed E-state index contributed by atoms with van der Waals surface area (Å²) in [6.45, 7) is 2.22. The molecule has 114 valence electrons. The number of aromatic nitrogens is 2. The first-order chi connectivity index (χ1) is 9.69. The van der Waals surface area contributed by atoms with Gasteiger partial charge in [-0.05, 0) is 19.1 Å². The van der Waals surface area contributed by atoms with Gasteiger partial charge in [0.25, 0.3) is 0 Å². The molecule has 0 aliphatic carbocycles. The van der Waals surface area contributed by atoms with Gasteiger partial charge < -0.3 is 15.6 Å². The van der Waals surface area contributed by atoms with Crippen molar-refractivity contribution in [3.63, 3.8) is 0 Å². The molecule has 1 fully saturated rings. The van der Waals surface area contributed by atoms with Crippen LogP contribution >= 0.6 is 12.2 Å². The second kappa shape index (κ2) is 5.02. The van der Waals surface area contributed by atoms with Crippen LogP contribution in [0.25, 0.3) is 0 Å². The van der Waals surface area contributed by atoms with Crippen molar-refractivity contribution in [1.82, 2.24) is 9.55 Å². The highest BCUT2D eigenvalue weighted by Crippen LogP contribution is 2.54. The molecule has 1 aliphatic rings. The third-order valence-electron chi connectivity index (χ3n) is 4.08. The molecule has 21 heavy (non-hydrogen) atoms. The van der Waals surface area contributed by atoms with Crippen LogP contribution in [0.1, 0.15) is 20.1 Å². The van der Waals surface area contributed by atoms with Gasteiger partial charge in [0, 0.05) is 12.1 Å². The molecule has 3 N–H and O–H groups in total. The smallest absolute Gasteiger partial charge is 0.238 e. The number of aliphatic hydroxyl groups excluding tert-OH is 1. The summed E-state index contributed by atoms with van der Waals surface area (Å²) >= 11 is 5.01. The topological polar surface area (TPSA) is 73.3 Å². The van der Waals surface area contributed by atoms with Crippen LogP contribution in [0.4, 0.5) is 14.6 Å². The van der Waals surface area contributed by atoms with Gasteiger partial charge in [-0.3, -0.25) is 4.57 Å². The summed E-state index contributed by atoms with van der Waals surface area (Å²) < 4.78 is 34.5. The molecule has 2 heterocycles. The third kappa shape index (κ3) is 2.21. The van der Waals surface area contributed by atoms with Crippen molar-refractivity contribution in [2.24, 2.45) is 11.3 Å². The van der Waals surface area contributed by atoms with Gasteiger partial charge in [0.15, 0.2) is 17.9 Å². The monoisotopic (exact) mass is 315 g/mol. The lowest BCUT2D eigenvalue weighted by Gasteiger charge is -2.29. The quantitative estimate of drug-likeness (QED) is 0.643. The maximum Gasteiger partial charge on any atom is 0.238 e. The number of hydrogen-bond donors (Lipinski definition) is 2. The van der Waals surface area contributed by atoms with Crippen LogP contribution in [-0.2, 0) is 4.74 Å². The normalized spacial score (nSPS) is 35.6. The lowest BCUT2D eigenvalue weighted by molar-refractivity contribution is -0.192. The molecule has 1 aromatic rings. The van der Waals surface area contributed by atoms with Gasteiger partial charge in [0.2, 0.25) is 10.6 Å². The third-order valence-corrected chi connectivity index (χ3v) is 4.38. The highest BCUT2D eigenvalue weighted by Gasteiger charge is 2.60. The van der Waals surface area contributed by atoms with E-state index in [0.717, 1.165) is 10.8 Å². The minimum atomic E-state index is -2.35. The molecule has 0 radical (unpaired) electrons. The fourth-order valence-electron chi connectivity index (χ4n) is 2.41. The van der Waals surface area contributed by atoms with Crippen molar-refractivity contribution in [1.29, 1.82) is 0 Å². The van der Waals surface area contributed by atoms with Crippen molar-refractivity contribution in [3.05, 3.63) is 16.8 Å². The lowest BCUT2D eigenvalue weighted by atomic mass is 9.76. The number of aliphatic hydroxyl groups is 1. The van der Waals surface area contributed by atoms with E-state index < -0.39 is 35.8 Å². The van der Waals surface area contributed by atoms with Crippen LogP contribution in [0, 0.1) is 34.3 Å². The van der Waals surface area contributed by atoms with E-state index in [0.29, 0.717) is 0 Å². The number of alkyl halides is 1. The van der Waals surface area contributed by atoms with E-state index in [-0.39, 0.29) is 10.6 Å². The van der Waals surface area contributed by atoms with Gasteiger partial charge in [-0.25, -0.2) is 8.78 Å². The Hall–Kier alpha value is -1.56. The molecular weight excluding hydrogens is 300 g/mol. The molecule has 1 saturated heterocycles. The highest BCUT2D eigenvalue weighted by molar-refractivity contribution is 7.71. The fraction of sp³-hybridized carbons (Fsp3) is 0.538. The Balaban J connectivity index is 2.61. The largest absolute Gasteiger partial charge is 0.390 e. The Labute approximate surface area is 125 Å². The molecule has 5 nitrogen and oxygen atoms in total. The average molecular weight is 315 g/mol. The van der Waals surface area contributed by atoms with E-state index in [1.165, 1.54) is 6.92 Å². The standard InChI is InChI=1S/C13H15F2N3O2S/c1-4-12(3)7(2)13(15,6-19)20-10(12)18-5-8(14)9(16)17-11(18)21/h1,5,7,10,19H,6H2,2-3H3,(H2,16,17,21)/t7-,10-,12?,13-/m1/s1. The van der Waals surface area contributed by atoms with Crippen LogP contribution in [0.3, 0.4) is 0 Å². The zero-order valence-electron chi connectivity index (χ0n) is 11.5. The first-order valence-electron chi connectivity index (χ1n) is 6.19. The summed E-state index contributed by atoms with van der Waals surface area (Å²) in [5.74, 6) is -1.91. The number of nitrogen functional groups attached to an aromatic ring is 1. The second-order valence-corrected chi connectivity index (χ2v) is 5.59. The van der Waals surface area contributed by atoms with Gasteiger partial charge >= 0.3 is 0 Å². The van der Waals surface area contributed by atoms with E-state index in [4.69, 9.17) is 29.1 Å². The van der Waals surface area contributed by atoms with Crippen LogP contribution in [0.5, 0.6) is 0 Å². The summed E-state index contributed by atoms with van der Waals surface area (Å²) in [4.78, 5) is 3.66. The Morgan fingerprint density at radius 2 is 2.33 bits per heavy atom. The van der Waals surface area contributed by atoms with E-state index in [1.807, 2.05) is 0 Å². The molecule has 0 amide bonds. The van der Waals surface area contributed by atoms with E-state index >= 15 is 0 Å². The number of nitrogens with zero attached hydrogens (tertiary/aromatic N) is 2. The molecule has 1 aliphatic heterocycles. The zero-order valence-corrected chi connectivity index (χ0v) is 12.3.